The average molecular weight is 256 g/mol. The van der Waals surface area contributed by atoms with Crippen LogP contribution < -0.4 is 11.1 Å². The van der Waals surface area contributed by atoms with Crippen molar-refractivity contribution in [3.05, 3.63) is 0 Å². The van der Waals surface area contributed by atoms with Crippen molar-refractivity contribution in [2.75, 3.05) is 26.8 Å². The van der Waals surface area contributed by atoms with Crippen LogP contribution in [0.4, 0.5) is 0 Å². The molecule has 0 aromatic carbocycles. The summed E-state index contributed by atoms with van der Waals surface area (Å²) in [5.41, 5.74) is 5.67. The third kappa shape index (κ3) is 6.36. The van der Waals surface area contributed by atoms with Crippen molar-refractivity contribution in [2.45, 2.75) is 44.9 Å². The molecule has 0 aliphatic heterocycles. The Morgan fingerprint density at radius 2 is 1.89 bits per heavy atom. The SMILES string of the molecule is COCCCCNC(=O)CC1CCC(CN)CC1. The third-order valence-corrected chi connectivity index (χ3v) is 3.87. The van der Waals surface area contributed by atoms with E-state index in [1.54, 1.807) is 7.11 Å². The first-order chi connectivity index (χ1) is 8.76. The minimum Gasteiger partial charge on any atom is -0.385 e. The van der Waals surface area contributed by atoms with Gasteiger partial charge in [0.2, 0.25) is 5.91 Å². The van der Waals surface area contributed by atoms with Crippen LogP contribution in [0.3, 0.4) is 0 Å². The van der Waals surface area contributed by atoms with Gasteiger partial charge in [-0.2, -0.15) is 0 Å². The monoisotopic (exact) mass is 256 g/mol. The van der Waals surface area contributed by atoms with Gasteiger partial charge in [0.15, 0.2) is 0 Å². The predicted molar refractivity (Wildman–Crippen MR) is 73.2 cm³/mol. The molecule has 1 amide bonds. The number of rotatable bonds is 8. The van der Waals surface area contributed by atoms with E-state index in [1.165, 1.54) is 25.7 Å². The van der Waals surface area contributed by atoms with Gasteiger partial charge in [-0.3, -0.25) is 4.79 Å². The van der Waals surface area contributed by atoms with Gasteiger partial charge >= 0.3 is 0 Å². The summed E-state index contributed by atoms with van der Waals surface area (Å²) >= 11 is 0. The van der Waals surface area contributed by atoms with E-state index in [2.05, 4.69) is 5.32 Å². The zero-order valence-electron chi connectivity index (χ0n) is 11.6. The molecule has 3 N–H and O–H groups in total. The van der Waals surface area contributed by atoms with Crippen LogP contribution in [-0.2, 0) is 9.53 Å². The molecule has 0 aromatic heterocycles. The number of carbonyl (C=O) groups excluding carboxylic acids is 1. The van der Waals surface area contributed by atoms with Crippen molar-refractivity contribution in [2.24, 2.45) is 17.6 Å². The molecule has 0 aromatic rings. The van der Waals surface area contributed by atoms with Crippen molar-refractivity contribution < 1.29 is 9.53 Å². The average Bonchev–Trinajstić information content (AvgIpc) is 2.39. The van der Waals surface area contributed by atoms with Crippen LogP contribution >= 0.6 is 0 Å². The van der Waals surface area contributed by atoms with Gasteiger partial charge in [0.25, 0.3) is 0 Å². The number of amides is 1. The first-order valence-electron chi connectivity index (χ1n) is 7.22. The van der Waals surface area contributed by atoms with E-state index < -0.39 is 0 Å². The second-order valence-electron chi connectivity index (χ2n) is 5.38. The molecule has 1 rings (SSSR count). The number of nitrogens with one attached hydrogen (secondary N) is 1. The fourth-order valence-corrected chi connectivity index (χ4v) is 2.60. The Morgan fingerprint density at radius 3 is 2.50 bits per heavy atom. The van der Waals surface area contributed by atoms with Crippen molar-refractivity contribution in [1.82, 2.24) is 5.32 Å². The summed E-state index contributed by atoms with van der Waals surface area (Å²) in [6.45, 7) is 2.36. The smallest absolute Gasteiger partial charge is 0.220 e. The highest BCUT2D eigenvalue weighted by Crippen LogP contribution is 2.29. The third-order valence-electron chi connectivity index (χ3n) is 3.87. The van der Waals surface area contributed by atoms with Gasteiger partial charge in [0, 0.05) is 26.7 Å². The zero-order valence-corrected chi connectivity index (χ0v) is 11.6. The summed E-state index contributed by atoms with van der Waals surface area (Å²) in [4.78, 5) is 11.7. The summed E-state index contributed by atoms with van der Waals surface area (Å²) in [6, 6.07) is 0. The van der Waals surface area contributed by atoms with Crippen LogP contribution in [0.2, 0.25) is 0 Å². The molecule has 4 heteroatoms. The Hall–Kier alpha value is -0.610. The first kappa shape index (κ1) is 15.4. The molecule has 0 saturated heterocycles. The van der Waals surface area contributed by atoms with Crippen LogP contribution in [-0.4, -0.2) is 32.7 Å². The van der Waals surface area contributed by atoms with Crippen molar-refractivity contribution in [3.8, 4) is 0 Å². The Balaban J connectivity index is 2.02. The molecule has 106 valence electrons. The number of carbonyl (C=O) groups is 1. The number of unbranched alkanes of at least 4 members (excludes halogenated alkanes) is 1. The van der Waals surface area contributed by atoms with E-state index in [0.29, 0.717) is 18.3 Å². The number of methoxy groups -OCH3 is 1. The van der Waals surface area contributed by atoms with E-state index in [4.69, 9.17) is 10.5 Å². The minimum absolute atomic E-state index is 0.212. The highest BCUT2D eigenvalue weighted by molar-refractivity contribution is 5.76. The van der Waals surface area contributed by atoms with Gasteiger partial charge in [-0.15, -0.1) is 0 Å². The normalized spacial score (nSPS) is 23.9. The maximum absolute atomic E-state index is 11.7. The van der Waals surface area contributed by atoms with E-state index in [1.807, 2.05) is 0 Å². The van der Waals surface area contributed by atoms with Gasteiger partial charge in [0.1, 0.15) is 0 Å². The van der Waals surface area contributed by atoms with E-state index in [0.717, 1.165) is 32.5 Å². The molecule has 4 nitrogen and oxygen atoms in total. The van der Waals surface area contributed by atoms with Crippen molar-refractivity contribution >= 4 is 5.91 Å². The molecular weight excluding hydrogens is 228 g/mol. The van der Waals surface area contributed by atoms with E-state index >= 15 is 0 Å². The second kappa shape index (κ2) is 9.34. The highest BCUT2D eigenvalue weighted by atomic mass is 16.5. The van der Waals surface area contributed by atoms with Crippen LogP contribution in [0.5, 0.6) is 0 Å². The summed E-state index contributed by atoms with van der Waals surface area (Å²) in [7, 11) is 1.70. The summed E-state index contributed by atoms with van der Waals surface area (Å²) in [6.07, 6.45) is 7.43. The Bertz CT molecular complexity index is 226. The van der Waals surface area contributed by atoms with Gasteiger partial charge in [-0.05, 0) is 56.9 Å². The molecule has 1 saturated carbocycles. The fourth-order valence-electron chi connectivity index (χ4n) is 2.60. The lowest BCUT2D eigenvalue weighted by atomic mass is 9.80. The van der Waals surface area contributed by atoms with E-state index in [-0.39, 0.29) is 5.91 Å². The topological polar surface area (TPSA) is 64.3 Å². The summed E-state index contributed by atoms with van der Waals surface area (Å²) in [5, 5.41) is 2.99. The molecule has 18 heavy (non-hydrogen) atoms. The van der Waals surface area contributed by atoms with Crippen LogP contribution in [0.15, 0.2) is 0 Å². The Kier molecular flexibility index (Phi) is 8.01. The molecule has 1 aliphatic rings. The molecule has 0 atom stereocenters. The fraction of sp³-hybridized carbons (Fsp3) is 0.929. The number of nitrogens with two attached hydrogens (primary N) is 1. The molecule has 0 unspecified atom stereocenters. The quantitative estimate of drug-likeness (QED) is 0.649. The predicted octanol–water partition coefficient (Wildman–Crippen LogP) is 1.68. The first-order valence-corrected chi connectivity index (χ1v) is 7.22. The molecule has 1 fully saturated rings. The van der Waals surface area contributed by atoms with Crippen LogP contribution in [0, 0.1) is 11.8 Å². The lowest BCUT2D eigenvalue weighted by Gasteiger charge is -2.27. The zero-order chi connectivity index (χ0) is 13.2. The second-order valence-corrected chi connectivity index (χ2v) is 5.38. The summed E-state index contributed by atoms with van der Waals surface area (Å²) in [5.74, 6) is 1.48. The molecule has 0 radical (unpaired) electrons. The number of ether oxygens (including phenoxy) is 1. The van der Waals surface area contributed by atoms with Gasteiger partial charge < -0.3 is 15.8 Å². The highest BCUT2D eigenvalue weighted by Gasteiger charge is 2.21. The molecule has 0 spiro atoms. The van der Waals surface area contributed by atoms with Crippen LogP contribution in [0.1, 0.15) is 44.9 Å². The Labute approximate surface area is 111 Å². The standard InChI is InChI=1S/C14H28N2O2/c1-18-9-3-2-8-16-14(17)10-12-4-6-13(11-15)7-5-12/h12-13H,2-11,15H2,1H3,(H,16,17). The van der Waals surface area contributed by atoms with Gasteiger partial charge in [-0.25, -0.2) is 0 Å². The molecular formula is C14H28N2O2. The van der Waals surface area contributed by atoms with Crippen molar-refractivity contribution in [3.63, 3.8) is 0 Å². The molecule has 0 heterocycles. The molecule has 0 bridgehead atoms. The lowest BCUT2D eigenvalue weighted by molar-refractivity contribution is -0.122. The van der Waals surface area contributed by atoms with E-state index in [9.17, 15) is 4.79 Å². The largest absolute Gasteiger partial charge is 0.385 e. The maximum atomic E-state index is 11.7. The Morgan fingerprint density at radius 1 is 1.22 bits per heavy atom. The minimum atomic E-state index is 0.212. The lowest BCUT2D eigenvalue weighted by Crippen LogP contribution is -2.29. The maximum Gasteiger partial charge on any atom is 0.220 e. The van der Waals surface area contributed by atoms with Crippen molar-refractivity contribution in [1.29, 1.82) is 0 Å². The number of hydrogen-bond donors (Lipinski definition) is 2. The summed E-state index contributed by atoms with van der Waals surface area (Å²) < 4.78 is 4.97. The molecule has 1 aliphatic carbocycles. The van der Waals surface area contributed by atoms with Gasteiger partial charge in [0.05, 0.1) is 0 Å². The van der Waals surface area contributed by atoms with Gasteiger partial charge in [-0.1, -0.05) is 0 Å². The van der Waals surface area contributed by atoms with Crippen LogP contribution in [0.25, 0.3) is 0 Å². The number of hydrogen-bond acceptors (Lipinski definition) is 3.